The van der Waals surface area contributed by atoms with Crippen molar-refractivity contribution in [2.45, 2.75) is 25.2 Å². The van der Waals surface area contributed by atoms with Crippen molar-refractivity contribution < 1.29 is 14.3 Å². The summed E-state index contributed by atoms with van der Waals surface area (Å²) in [7, 11) is 1.37. The van der Waals surface area contributed by atoms with Crippen LogP contribution in [0.2, 0.25) is 0 Å². The summed E-state index contributed by atoms with van der Waals surface area (Å²) >= 11 is 0. The molecule has 1 N–H and O–H groups in total. The number of allylic oxidation sites excluding steroid dienone is 2. The molecule has 1 aromatic rings. The van der Waals surface area contributed by atoms with E-state index in [0.717, 1.165) is 18.4 Å². The topological polar surface area (TPSA) is 55.4 Å². The molecular formula is C17H21NO3. The van der Waals surface area contributed by atoms with Crippen LogP contribution < -0.4 is 5.32 Å². The van der Waals surface area contributed by atoms with Crippen LogP contribution >= 0.6 is 0 Å². The Morgan fingerprint density at radius 1 is 1.24 bits per heavy atom. The molecule has 0 bridgehead atoms. The molecule has 0 saturated heterocycles. The van der Waals surface area contributed by atoms with Crippen LogP contribution in [0.3, 0.4) is 0 Å². The quantitative estimate of drug-likeness (QED) is 0.667. The molecule has 4 nitrogen and oxygen atoms in total. The molecule has 112 valence electrons. The van der Waals surface area contributed by atoms with Crippen LogP contribution in [0.25, 0.3) is 0 Å². The second-order valence-corrected chi connectivity index (χ2v) is 5.55. The number of hydrogen-bond donors (Lipinski definition) is 1. The lowest BCUT2D eigenvalue weighted by Crippen LogP contribution is -2.46. The third-order valence-electron chi connectivity index (χ3n) is 4.04. The van der Waals surface area contributed by atoms with E-state index < -0.39 is 5.41 Å². The first kappa shape index (κ1) is 15.3. The Labute approximate surface area is 125 Å². The minimum absolute atomic E-state index is 0.00828. The second kappa shape index (κ2) is 6.57. The number of benzene rings is 1. The highest BCUT2D eigenvalue weighted by atomic mass is 16.5. The van der Waals surface area contributed by atoms with Crippen LogP contribution in [0.1, 0.15) is 25.3 Å². The van der Waals surface area contributed by atoms with Gasteiger partial charge in [-0.15, -0.1) is 0 Å². The normalized spacial score (nSPS) is 17.2. The van der Waals surface area contributed by atoms with E-state index in [-0.39, 0.29) is 24.3 Å². The number of ether oxygens (including phenoxy) is 1. The van der Waals surface area contributed by atoms with Gasteiger partial charge in [0, 0.05) is 12.5 Å². The van der Waals surface area contributed by atoms with E-state index in [1.54, 1.807) is 6.92 Å². The molecule has 0 aliphatic heterocycles. The third kappa shape index (κ3) is 3.32. The maximum absolute atomic E-state index is 12.2. The number of esters is 1. The van der Waals surface area contributed by atoms with Crippen LogP contribution in [0.15, 0.2) is 42.5 Å². The lowest BCUT2D eigenvalue weighted by Gasteiger charge is -2.28. The van der Waals surface area contributed by atoms with Crippen molar-refractivity contribution in [1.82, 2.24) is 5.32 Å². The highest BCUT2D eigenvalue weighted by molar-refractivity contribution is 5.85. The van der Waals surface area contributed by atoms with Crippen LogP contribution in [0, 0.1) is 5.92 Å². The van der Waals surface area contributed by atoms with Crippen molar-refractivity contribution in [3.8, 4) is 0 Å². The van der Waals surface area contributed by atoms with E-state index in [0.29, 0.717) is 0 Å². The molecule has 1 aliphatic carbocycles. The highest BCUT2D eigenvalue weighted by Gasteiger charge is 2.37. The number of carbonyl (C=O) groups excluding carboxylic acids is 2. The summed E-state index contributed by atoms with van der Waals surface area (Å²) in [5.41, 5.74) is -0.0424. The Balaban J connectivity index is 2.10. The molecule has 1 amide bonds. The lowest BCUT2D eigenvalue weighted by atomic mass is 9.82. The fourth-order valence-corrected chi connectivity index (χ4v) is 2.56. The first-order valence-electron chi connectivity index (χ1n) is 7.14. The molecule has 4 heteroatoms. The van der Waals surface area contributed by atoms with E-state index in [1.165, 1.54) is 7.11 Å². The molecule has 0 aromatic heterocycles. The average Bonchev–Trinajstić information content (AvgIpc) is 3.06. The fourth-order valence-electron chi connectivity index (χ4n) is 2.56. The van der Waals surface area contributed by atoms with E-state index in [2.05, 4.69) is 5.32 Å². The van der Waals surface area contributed by atoms with Crippen molar-refractivity contribution in [3.05, 3.63) is 48.0 Å². The SMILES string of the molecule is COC(=O)C(C)(CNC(=O)C1CC=CC1)c1ccccc1. The van der Waals surface area contributed by atoms with Crippen molar-refractivity contribution in [1.29, 1.82) is 0 Å². The molecule has 2 rings (SSSR count). The van der Waals surface area contributed by atoms with Gasteiger partial charge in [0.25, 0.3) is 0 Å². The summed E-state index contributed by atoms with van der Waals surface area (Å²) in [6, 6.07) is 9.39. The van der Waals surface area contributed by atoms with Gasteiger partial charge in [0.1, 0.15) is 5.41 Å². The van der Waals surface area contributed by atoms with Gasteiger partial charge in [-0.05, 0) is 25.3 Å². The molecule has 1 aromatic carbocycles. The number of hydrogen-bond acceptors (Lipinski definition) is 3. The van der Waals surface area contributed by atoms with E-state index in [9.17, 15) is 9.59 Å². The Hall–Kier alpha value is -2.10. The first-order valence-corrected chi connectivity index (χ1v) is 7.14. The highest BCUT2D eigenvalue weighted by Crippen LogP contribution is 2.25. The largest absolute Gasteiger partial charge is 0.468 e. The zero-order valence-corrected chi connectivity index (χ0v) is 12.5. The molecule has 21 heavy (non-hydrogen) atoms. The molecule has 1 aliphatic rings. The van der Waals surface area contributed by atoms with Crippen LogP contribution in [0.4, 0.5) is 0 Å². The maximum Gasteiger partial charge on any atom is 0.317 e. The molecule has 1 atom stereocenters. The smallest absolute Gasteiger partial charge is 0.317 e. The predicted octanol–water partition coefficient (Wildman–Crippen LogP) is 2.20. The standard InChI is InChI=1S/C17H21NO3/c1-17(16(20)21-2,14-10-4-3-5-11-14)12-18-15(19)13-8-6-7-9-13/h3-7,10-11,13H,8-9,12H2,1-2H3,(H,18,19). The number of methoxy groups -OCH3 is 1. The van der Waals surface area contributed by atoms with Crippen LogP contribution in [0.5, 0.6) is 0 Å². The second-order valence-electron chi connectivity index (χ2n) is 5.55. The van der Waals surface area contributed by atoms with Crippen molar-refractivity contribution in [3.63, 3.8) is 0 Å². The lowest BCUT2D eigenvalue weighted by molar-refractivity contribution is -0.147. The molecule has 0 radical (unpaired) electrons. The number of nitrogens with one attached hydrogen (secondary N) is 1. The van der Waals surface area contributed by atoms with Gasteiger partial charge in [0.2, 0.25) is 5.91 Å². The summed E-state index contributed by atoms with van der Waals surface area (Å²) in [6.07, 6.45) is 5.57. The minimum atomic E-state index is -0.877. The monoisotopic (exact) mass is 287 g/mol. The Kier molecular flexibility index (Phi) is 4.78. The Morgan fingerprint density at radius 3 is 2.43 bits per heavy atom. The van der Waals surface area contributed by atoms with Gasteiger partial charge in [-0.1, -0.05) is 42.5 Å². The van der Waals surface area contributed by atoms with Crippen molar-refractivity contribution >= 4 is 11.9 Å². The van der Waals surface area contributed by atoms with Gasteiger partial charge >= 0.3 is 5.97 Å². The van der Waals surface area contributed by atoms with Gasteiger partial charge in [0.05, 0.1) is 7.11 Å². The zero-order chi connectivity index (χ0) is 15.3. The van der Waals surface area contributed by atoms with Gasteiger partial charge in [-0.2, -0.15) is 0 Å². The molecule has 0 heterocycles. The molecule has 0 spiro atoms. The zero-order valence-electron chi connectivity index (χ0n) is 12.5. The summed E-state index contributed by atoms with van der Waals surface area (Å²) in [5.74, 6) is -0.368. The van der Waals surface area contributed by atoms with Crippen LogP contribution in [-0.4, -0.2) is 25.5 Å². The Bertz CT molecular complexity index is 530. The van der Waals surface area contributed by atoms with Crippen LogP contribution in [-0.2, 0) is 19.7 Å². The van der Waals surface area contributed by atoms with Crippen molar-refractivity contribution in [2.24, 2.45) is 5.92 Å². The third-order valence-corrected chi connectivity index (χ3v) is 4.04. The van der Waals surface area contributed by atoms with E-state index >= 15 is 0 Å². The number of rotatable bonds is 5. The molecule has 1 unspecified atom stereocenters. The minimum Gasteiger partial charge on any atom is -0.468 e. The van der Waals surface area contributed by atoms with Gasteiger partial charge < -0.3 is 10.1 Å². The number of carbonyl (C=O) groups is 2. The fraction of sp³-hybridized carbons (Fsp3) is 0.412. The maximum atomic E-state index is 12.2. The molecule has 0 saturated carbocycles. The van der Waals surface area contributed by atoms with Gasteiger partial charge in [-0.3, -0.25) is 9.59 Å². The van der Waals surface area contributed by atoms with Gasteiger partial charge in [0.15, 0.2) is 0 Å². The van der Waals surface area contributed by atoms with Crippen molar-refractivity contribution in [2.75, 3.05) is 13.7 Å². The Morgan fingerprint density at radius 2 is 1.86 bits per heavy atom. The average molecular weight is 287 g/mol. The van der Waals surface area contributed by atoms with Gasteiger partial charge in [-0.25, -0.2) is 0 Å². The summed E-state index contributed by atoms with van der Waals surface area (Å²) in [5, 5.41) is 2.90. The van der Waals surface area contributed by atoms with E-state index in [4.69, 9.17) is 4.74 Å². The summed E-state index contributed by atoms with van der Waals surface area (Å²) in [6.45, 7) is 2.03. The molecular weight excluding hydrogens is 266 g/mol. The predicted molar refractivity (Wildman–Crippen MR) is 80.7 cm³/mol. The first-order chi connectivity index (χ1) is 10.1. The summed E-state index contributed by atoms with van der Waals surface area (Å²) < 4.78 is 4.92. The van der Waals surface area contributed by atoms with E-state index in [1.807, 2.05) is 42.5 Å². The number of amides is 1. The molecule has 0 fully saturated rings. The summed E-state index contributed by atoms with van der Waals surface area (Å²) in [4.78, 5) is 24.3.